The lowest BCUT2D eigenvalue weighted by molar-refractivity contribution is -0.126. The summed E-state index contributed by atoms with van der Waals surface area (Å²) in [4.78, 5) is 24.4. The van der Waals surface area contributed by atoms with E-state index in [0.717, 1.165) is 31.2 Å². The Bertz CT molecular complexity index is 801. The topological polar surface area (TPSA) is 67.4 Å². The maximum Gasteiger partial charge on any atom is 0.407 e. The summed E-state index contributed by atoms with van der Waals surface area (Å²) in [6.07, 6.45) is 2.54. The van der Waals surface area contributed by atoms with Crippen molar-refractivity contribution in [1.82, 2.24) is 10.6 Å². The van der Waals surface area contributed by atoms with Gasteiger partial charge in [0.15, 0.2) is 0 Å². The fraction of sp³-hybridized carbons (Fsp3) is 0.545. The molecule has 7 heteroatoms. The van der Waals surface area contributed by atoms with Gasteiger partial charge in [0.05, 0.1) is 16.1 Å². The Kier molecular flexibility index (Phi) is 8.24. The van der Waals surface area contributed by atoms with E-state index >= 15 is 0 Å². The predicted octanol–water partition coefficient (Wildman–Crippen LogP) is 4.93. The Morgan fingerprint density at radius 2 is 1.79 bits per heavy atom. The molecule has 1 unspecified atom stereocenters. The smallest absolute Gasteiger partial charge is 0.407 e. The van der Waals surface area contributed by atoms with Crippen molar-refractivity contribution in [1.29, 1.82) is 0 Å². The molecule has 1 atom stereocenters. The molecule has 0 bridgehead atoms. The van der Waals surface area contributed by atoms with Crippen LogP contribution < -0.4 is 10.6 Å². The van der Waals surface area contributed by atoms with E-state index in [4.69, 9.17) is 27.9 Å². The third-order valence-corrected chi connectivity index (χ3v) is 5.27. The number of amides is 2. The zero-order valence-electron chi connectivity index (χ0n) is 17.3. The van der Waals surface area contributed by atoms with E-state index in [1.165, 1.54) is 0 Å². The van der Waals surface area contributed by atoms with Crippen molar-refractivity contribution < 1.29 is 14.3 Å². The monoisotopic (exact) mass is 438 g/mol. The molecule has 0 spiro atoms. The Labute approximate surface area is 182 Å². The van der Waals surface area contributed by atoms with Crippen LogP contribution in [0.25, 0.3) is 0 Å². The zero-order valence-corrected chi connectivity index (χ0v) is 18.8. The van der Waals surface area contributed by atoms with Crippen molar-refractivity contribution in [2.75, 3.05) is 0 Å². The van der Waals surface area contributed by atoms with Crippen molar-refractivity contribution in [3.05, 3.63) is 33.8 Å². The first-order valence-electron chi connectivity index (χ1n) is 9.80. The van der Waals surface area contributed by atoms with Crippen LogP contribution in [0.15, 0.2) is 18.2 Å². The lowest BCUT2D eigenvalue weighted by Crippen LogP contribution is -2.43. The number of ether oxygens (including phenoxy) is 1. The van der Waals surface area contributed by atoms with Gasteiger partial charge < -0.3 is 15.4 Å². The highest BCUT2D eigenvalue weighted by Gasteiger charge is 2.28. The molecule has 1 aromatic rings. The summed E-state index contributed by atoms with van der Waals surface area (Å²) in [6, 6.07) is 4.94. The van der Waals surface area contributed by atoms with Crippen LogP contribution in [-0.4, -0.2) is 29.7 Å². The second-order valence-corrected chi connectivity index (χ2v) is 9.14. The van der Waals surface area contributed by atoms with E-state index in [-0.39, 0.29) is 23.9 Å². The van der Waals surface area contributed by atoms with Crippen LogP contribution >= 0.6 is 23.2 Å². The van der Waals surface area contributed by atoms with Crippen molar-refractivity contribution in [2.24, 2.45) is 5.92 Å². The van der Waals surface area contributed by atoms with Gasteiger partial charge in [-0.15, -0.1) is 0 Å². The van der Waals surface area contributed by atoms with Crippen molar-refractivity contribution in [2.45, 2.75) is 71.1 Å². The van der Waals surface area contributed by atoms with Crippen LogP contribution in [0.1, 0.15) is 58.9 Å². The Balaban J connectivity index is 1.78. The van der Waals surface area contributed by atoms with Gasteiger partial charge >= 0.3 is 6.09 Å². The number of alkyl carbamates (subject to hydrolysis) is 1. The number of halogens is 2. The molecule has 2 N–H and O–H groups in total. The number of carbonyl (C=O) groups excluding carboxylic acids is 2. The van der Waals surface area contributed by atoms with Crippen LogP contribution in [0.5, 0.6) is 0 Å². The third-order valence-electron chi connectivity index (χ3n) is 4.53. The van der Waals surface area contributed by atoms with Gasteiger partial charge in [-0.05, 0) is 71.6 Å². The summed E-state index contributed by atoms with van der Waals surface area (Å²) >= 11 is 11.9. The molecule has 1 aliphatic rings. The van der Waals surface area contributed by atoms with Gasteiger partial charge in [0.2, 0.25) is 5.91 Å². The molecule has 1 saturated carbocycles. The normalized spacial score (nSPS) is 20.1. The van der Waals surface area contributed by atoms with E-state index in [0.29, 0.717) is 10.0 Å². The number of carbonyl (C=O) groups is 2. The lowest BCUT2D eigenvalue weighted by atomic mass is 9.85. The second-order valence-electron chi connectivity index (χ2n) is 8.32. The molecule has 0 radical (unpaired) electrons. The summed E-state index contributed by atoms with van der Waals surface area (Å²) in [6.45, 7) is 7.34. The molecule has 158 valence electrons. The molecule has 0 aromatic heterocycles. The fourth-order valence-corrected chi connectivity index (χ4v) is 3.41. The maximum absolute atomic E-state index is 12.5. The van der Waals surface area contributed by atoms with Gasteiger partial charge in [0, 0.05) is 17.5 Å². The van der Waals surface area contributed by atoms with E-state index in [1.54, 1.807) is 18.2 Å². The van der Waals surface area contributed by atoms with Gasteiger partial charge in [-0.1, -0.05) is 35.0 Å². The largest absolute Gasteiger partial charge is 0.444 e. The fourth-order valence-electron chi connectivity index (χ4n) is 3.11. The van der Waals surface area contributed by atoms with Crippen LogP contribution in [0.3, 0.4) is 0 Å². The Morgan fingerprint density at radius 1 is 1.14 bits per heavy atom. The minimum atomic E-state index is -0.518. The number of rotatable bonds is 3. The quantitative estimate of drug-likeness (QED) is 0.656. The van der Waals surface area contributed by atoms with Gasteiger partial charge in [-0.2, -0.15) is 0 Å². The summed E-state index contributed by atoms with van der Waals surface area (Å²) in [5.41, 5.74) is 0.226. The lowest BCUT2D eigenvalue weighted by Gasteiger charge is -2.29. The minimum absolute atomic E-state index is 0.00310. The molecular formula is C22H28Cl2N2O3. The first-order valence-corrected chi connectivity index (χ1v) is 10.6. The van der Waals surface area contributed by atoms with E-state index in [2.05, 4.69) is 22.5 Å². The van der Waals surface area contributed by atoms with E-state index < -0.39 is 11.7 Å². The molecule has 0 aliphatic heterocycles. The van der Waals surface area contributed by atoms with Gasteiger partial charge in [0.25, 0.3) is 0 Å². The summed E-state index contributed by atoms with van der Waals surface area (Å²) < 4.78 is 5.28. The van der Waals surface area contributed by atoms with Gasteiger partial charge in [-0.25, -0.2) is 4.79 Å². The average molecular weight is 439 g/mol. The van der Waals surface area contributed by atoms with Crippen molar-refractivity contribution in [3.63, 3.8) is 0 Å². The molecule has 2 rings (SSSR count). The molecule has 29 heavy (non-hydrogen) atoms. The van der Waals surface area contributed by atoms with Crippen LogP contribution in [0.2, 0.25) is 10.0 Å². The average Bonchev–Trinajstić information content (AvgIpc) is 2.61. The molecule has 1 aliphatic carbocycles. The SMILES string of the molecule is CC(C#Cc1ccc(Cl)c(Cl)c1)NC(=O)C1CCC(NC(=O)OC(C)(C)C)CC1. The first kappa shape index (κ1) is 23.4. The minimum Gasteiger partial charge on any atom is -0.444 e. The molecule has 0 saturated heterocycles. The van der Waals surface area contributed by atoms with Gasteiger partial charge in [-0.3, -0.25) is 4.79 Å². The Morgan fingerprint density at radius 3 is 2.38 bits per heavy atom. The second kappa shape index (κ2) is 10.2. The van der Waals surface area contributed by atoms with Crippen LogP contribution in [0.4, 0.5) is 4.79 Å². The number of hydrogen-bond acceptors (Lipinski definition) is 3. The van der Waals surface area contributed by atoms with Crippen molar-refractivity contribution in [3.8, 4) is 11.8 Å². The van der Waals surface area contributed by atoms with Crippen molar-refractivity contribution >= 4 is 35.2 Å². The molecule has 5 nitrogen and oxygen atoms in total. The summed E-state index contributed by atoms with van der Waals surface area (Å²) in [5, 5.41) is 6.77. The molecule has 1 fully saturated rings. The van der Waals surface area contributed by atoms with E-state index in [1.807, 2.05) is 27.7 Å². The maximum atomic E-state index is 12.5. The highest BCUT2D eigenvalue weighted by atomic mass is 35.5. The number of benzene rings is 1. The van der Waals surface area contributed by atoms with Crippen LogP contribution in [-0.2, 0) is 9.53 Å². The molecule has 0 heterocycles. The third kappa shape index (κ3) is 8.16. The standard InChI is InChI=1S/C22H28Cl2N2O3/c1-14(5-6-15-7-12-18(23)19(24)13-15)25-20(27)16-8-10-17(11-9-16)26-21(28)29-22(2,3)4/h7,12-14,16-17H,8-11H2,1-4H3,(H,25,27)(H,26,28). The first-order chi connectivity index (χ1) is 13.5. The Hall–Kier alpha value is -1.90. The predicted molar refractivity (Wildman–Crippen MR) is 116 cm³/mol. The molecular weight excluding hydrogens is 411 g/mol. The number of hydrogen-bond donors (Lipinski definition) is 2. The highest BCUT2D eigenvalue weighted by Crippen LogP contribution is 2.25. The van der Waals surface area contributed by atoms with Crippen LogP contribution in [0, 0.1) is 17.8 Å². The number of nitrogens with one attached hydrogen (secondary N) is 2. The highest BCUT2D eigenvalue weighted by molar-refractivity contribution is 6.42. The molecule has 2 amide bonds. The summed E-state index contributed by atoms with van der Waals surface area (Å²) in [7, 11) is 0. The zero-order chi connectivity index (χ0) is 21.6. The summed E-state index contributed by atoms with van der Waals surface area (Å²) in [5.74, 6) is 5.94. The molecule has 1 aromatic carbocycles. The van der Waals surface area contributed by atoms with Gasteiger partial charge in [0.1, 0.15) is 5.60 Å². The van der Waals surface area contributed by atoms with E-state index in [9.17, 15) is 9.59 Å².